The monoisotopic (exact) mass is 268 g/mol. The number of allylic oxidation sites excluding steroid dienone is 1. The van der Waals surface area contributed by atoms with E-state index in [4.69, 9.17) is 15.7 Å². The van der Waals surface area contributed by atoms with Crippen LogP contribution in [0.15, 0.2) is 27.4 Å². The number of hydrogen-bond donors (Lipinski definition) is 1. The highest BCUT2D eigenvalue weighted by Crippen LogP contribution is 2.21. The molecule has 0 spiro atoms. The number of nitrogens with two attached hydrogens (primary N) is 1. The number of thiophene rings is 1. The van der Waals surface area contributed by atoms with Gasteiger partial charge in [-0.25, -0.2) is 4.79 Å². The first-order chi connectivity index (χ1) is 8.19. The van der Waals surface area contributed by atoms with Gasteiger partial charge in [0.25, 0.3) is 0 Å². The zero-order valence-electron chi connectivity index (χ0n) is 9.30. The van der Waals surface area contributed by atoms with Crippen LogP contribution in [0.1, 0.15) is 12.5 Å². The molecule has 0 saturated heterocycles. The maximum absolute atomic E-state index is 11.6. The van der Waals surface area contributed by atoms with Crippen LogP contribution >= 0.6 is 23.1 Å². The molecule has 0 atom stereocenters. The lowest BCUT2D eigenvalue weighted by Crippen LogP contribution is -2.13. The van der Waals surface area contributed by atoms with Crippen LogP contribution in [-0.2, 0) is 16.0 Å². The summed E-state index contributed by atoms with van der Waals surface area (Å²) in [6, 6.07) is 1.93. The molecule has 6 heteroatoms. The highest BCUT2D eigenvalue weighted by atomic mass is 32.2. The fourth-order valence-corrected chi connectivity index (χ4v) is 2.28. The van der Waals surface area contributed by atoms with E-state index in [1.807, 2.05) is 22.2 Å². The summed E-state index contributed by atoms with van der Waals surface area (Å²) in [5, 5.41) is 14.4. The number of thiocyanates is 1. The number of thioether (sulfide) groups is 1. The molecule has 0 fully saturated rings. The summed E-state index contributed by atoms with van der Waals surface area (Å²) in [6.45, 7) is 1.97. The number of ether oxygens (including phenoxy) is 1. The molecular weight excluding hydrogens is 256 g/mol. The third-order valence-electron chi connectivity index (χ3n) is 1.87. The predicted octanol–water partition coefficient (Wildman–Crippen LogP) is 2.24. The zero-order valence-corrected chi connectivity index (χ0v) is 10.9. The summed E-state index contributed by atoms with van der Waals surface area (Å²) in [4.78, 5) is 11.8. The van der Waals surface area contributed by atoms with Gasteiger partial charge >= 0.3 is 5.97 Å². The van der Waals surface area contributed by atoms with Gasteiger partial charge < -0.3 is 10.5 Å². The van der Waals surface area contributed by atoms with Crippen LogP contribution in [0.4, 0.5) is 0 Å². The summed E-state index contributed by atoms with van der Waals surface area (Å²) in [5.74, 6) is -0.535. The molecule has 0 aliphatic carbocycles. The van der Waals surface area contributed by atoms with Crippen molar-refractivity contribution in [1.82, 2.24) is 0 Å². The number of rotatable bonds is 5. The zero-order chi connectivity index (χ0) is 12.7. The Kier molecular flexibility index (Phi) is 5.60. The Morgan fingerprint density at radius 3 is 3.00 bits per heavy atom. The summed E-state index contributed by atoms with van der Waals surface area (Å²) in [5.41, 5.74) is 7.23. The van der Waals surface area contributed by atoms with Crippen molar-refractivity contribution in [1.29, 1.82) is 5.26 Å². The fourth-order valence-electron chi connectivity index (χ4n) is 1.17. The highest BCUT2D eigenvalue weighted by Gasteiger charge is 2.16. The van der Waals surface area contributed by atoms with E-state index in [9.17, 15) is 4.79 Å². The summed E-state index contributed by atoms with van der Waals surface area (Å²) in [7, 11) is 0. The number of nitrogens with zero attached hydrogens (tertiary/aromatic N) is 1. The van der Waals surface area contributed by atoms with Crippen LogP contribution in [0.25, 0.3) is 0 Å². The minimum atomic E-state index is -0.535. The van der Waals surface area contributed by atoms with Crippen molar-refractivity contribution in [2.75, 3.05) is 6.61 Å². The maximum atomic E-state index is 11.6. The maximum Gasteiger partial charge on any atom is 0.347 e. The van der Waals surface area contributed by atoms with Crippen LogP contribution in [-0.4, -0.2) is 12.6 Å². The quantitative estimate of drug-likeness (QED) is 0.503. The Morgan fingerprint density at radius 1 is 1.71 bits per heavy atom. The fraction of sp³-hybridized carbons (Fsp3) is 0.273. The van der Waals surface area contributed by atoms with E-state index in [0.717, 1.165) is 17.3 Å². The van der Waals surface area contributed by atoms with Crippen molar-refractivity contribution in [2.45, 2.75) is 13.3 Å². The van der Waals surface area contributed by atoms with Crippen LogP contribution in [0.5, 0.6) is 0 Å². The molecular formula is C11H12N2O2S2. The Bertz CT molecular complexity index is 447. The van der Waals surface area contributed by atoms with Gasteiger partial charge in [-0.2, -0.15) is 16.6 Å². The molecule has 17 heavy (non-hydrogen) atoms. The van der Waals surface area contributed by atoms with Gasteiger partial charge in [0.2, 0.25) is 0 Å². The van der Waals surface area contributed by atoms with Gasteiger partial charge in [0, 0.05) is 12.1 Å². The number of esters is 1. The van der Waals surface area contributed by atoms with E-state index >= 15 is 0 Å². The second-order valence-corrected chi connectivity index (χ2v) is 4.65. The average molecular weight is 268 g/mol. The molecule has 0 aliphatic rings. The molecule has 1 rings (SSSR count). The molecule has 0 aromatic carbocycles. The molecule has 0 saturated carbocycles. The number of carbonyl (C=O) groups is 1. The summed E-state index contributed by atoms with van der Waals surface area (Å²) >= 11 is 2.30. The van der Waals surface area contributed by atoms with Gasteiger partial charge in [0.05, 0.1) is 6.61 Å². The lowest BCUT2D eigenvalue weighted by molar-refractivity contribution is -0.137. The first-order valence-electron chi connectivity index (χ1n) is 4.91. The SMILES string of the molecule is CCOC(=O)/C(SC#N)=C(\N)Cc1ccsc1. The van der Waals surface area contributed by atoms with Gasteiger partial charge in [0.1, 0.15) is 10.3 Å². The summed E-state index contributed by atoms with van der Waals surface area (Å²) in [6.07, 6.45) is 0.451. The van der Waals surface area contributed by atoms with Crippen molar-refractivity contribution in [3.05, 3.63) is 33.0 Å². The Balaban J connectivity index is 2.86. The van der Waals surface area contributed by atoms with E-state index in [1.54, 1.807) is 18.3 Å². The molecule has 1 aromatic rings. The minimum Gasteiger partial charge on any atom is -0.462 e. The third-order valence-corrected chi connectivity index (χ3v) is 3.33. The van der Waals surface area contributed by atoms with E-state index in [2.05, 4.69) is 0 Å². The topological polar surface area (TPSA) is 76.1 Å². The second kappa shape index (κ2) is 6.99. The number of hydrogen-bond acceptors (Lipinski definition) is 6. The number of nitriles is 1. The molecule has 2 N–H and O–H groups in total. The van der Waals surface area contributed by atoms with Gasteiger partial charge in [-0.3, -0.25) is 0 Å². The summed E-state index contributed by atoms with van der Waals surface area (Å²) < 4.78 is 4.85. The molecule has 0 amide bonds. The molecule has 0 radical (unpaired) electrons. The van der Waals surface area contributed by atoms with Crippen LogP contribution in [0.3, 0.4) is 0 Å². The Hall–Kier alpha value is -1.45. The smallest absolute Gasteiger partial charge is 0.347 e. The van der Waals surface area contributed by atoms with Crippen molar-refractivity contribution < 1.29 is 9.53 Å². The van der Waals surface area contributed by atoms with Crippen LogP contribution in [0, 0.1) is 10.7 Å². The van der Waals surface area contributed by atoms with Gasteiger partial charge in [0.15, 0.2) is 0 Å². The standard InChI is InChI=1S/C11H12N2O2S2/c1-2-15-11(14)10(17-7-12)9(13)5-8-3-4-16-6-8/h3-4,6H,2,5,13H2,1H3/b10-9+. The predicted molar refractivity (Wildman–Crippen MR) is 69.1 cm³/mol. The normalized spacial score (nSPS) is 11.5. The second-order valence-electron chi connectivity index (χ2n) is 3.08. The van der Waals surface area contributed by atoms with Crippen LogP contribution < -0.4 is 5.73 Å². The first kappa shape index (κ1) is 13.6. The lowest BCUT2D eigenvalue weighted by atomic mass is 10.2. The molecule has 1 heterocycles. The van der Waals surface area contributed by atoms with Crippen molar-refractivity contribution >= 4 is 29.1 Å². The van der Waals surface area contributed by atoms with E-state index in [-0.39, 0.29) is 11.5 Å². The van der Waals surface area contributed by atoms with Gasteiger partial charge in [-0.15, -0.1) is 0 Å². The Labute approximate surface area is 108 Å². The van der Waals surface area contributed by atoms with Crippen molar-refractivity contribution in [3.8, 4) is 5.40 Å². The molecule has 1 aromatic heterocycles. The number of carbonyl (C=O) groups excluding carboxylic acids is 1. The van der Waals surface area contributed by atoms with Crippen molar-refractivity contribution in [3.63, 3.8) is 0 Å². The first-order valence-corrected chi connectivity index (χ1v) is 6.67. The van der Waals surface area contributed by atoms with Gasteiger partial charge in [-0.05, 0) is 41.1 Å². The highest BCUT2D eigenvalue weighted by molar-refractivity contribution is 8.08. The average Bonchev–Trinajstić information content (AvgIpc) is 2.78. The Morgan fingerprint density at radius 2 is 2.47 bits per heavy atom. The molecule has 0 unspecified atom stereocenters. The van der Waals surface area contributed by atoms with E-state index in [0.29, 0.717) is 12.1 Å². The largest absolute Gasteiger partial charge is 0.462 e. The van der Waals surface area contributed by atoms with Crippen molar-refractivity contribution in [2.24, 2.45) is 5.73 Å². The minimum absolute atomic E-state index is 0.181. The lowest BCUT2D eigenvalue weighted by Gasteiger charge is -2.06. The van der Waals surface area contributed by atoms with E-state index in [1.165, 1.54) is 0 Å². The molecule has 0 bridgehead atoms. The third kappa shape index (κ3) is 4.13. The van der Waals surface area contributed by atoms with E-state index < -0.39 is 5.97 Å². The molecule has 0 aliphatic heterocycles. The molecule has 90 valence electrons. The molecule has 4 nitrogen and oxygen atoms in total. The van der Waals surface area contributed by atoms with Crippen LogP contribution in [0.2, 0.25) is 0 Å². The van der Waals surface area contributed by atoms with Gasteiger partial charge in [-0.1, -0.05) is 0 Å².